The Labute approximate surface area is 112 Å². The largest absolute Gasteiger partial charge is 0.491 e. The van der Waals surface area contributed by atoms with Crippen LogP contribution in [0.15, 0.2) is 23.2 Å². The Balaban J connectivity index is 2.97. The lowest BCUT2D eigenvalue weighted by Crippen LogP contribution is -2.17. The molecule has 0 amide bonds. The van der Waals surface area contributed by atoms with Crippen LogP contribution in [0.1, 0.15) is 20.8 Å². The molecule has 18 heavy (non-hydrogen) atoms. The van der Waals surface area contributed by atoms with Gasteiger partial charge in [0.05, 0.1) is 12.5 Å². The summed E-state index contributed by atoms with van der Waals surface area (Å²) in [5.74, 6) is 0.427. The summed E-state index contributed by atoms with van der Waals surface area (Å²) in [7, 11) is 0. The molecule has 1 rings (SSSR count). The highest BCUT2D eigenvalue weighted by atomic mass is 35.5. The molecule has 0 aliphatic heterocycles. The molecular formula is C13H18ClFN2O. The second-order valence-electron chi connectivity index (χ2n) is 5.20. The van der Waals surface area contributed by atoms with Gasteiger partial charge < -0.3 is 10.5 Å². The summed E-state index contributed by atoms with van der Waals surface area (Å²) in [4.78, 5) is 4.04. The quantitative estimate of drug-likeness (QED) is 0.518. The van der Waals surface area contributed by atoms with E-state index >= 15 is 0 Å². The van der Waals surface area contributed by atoms with Gasteiger partial charge in [0.1, 0.15) is 23.1 Å². The number of amidine groups is 1. The first-order valence-corrected chi connectivity index (χ1v) is 6.16. The molecule has 1 aromatic carbocycles. The molecule has 5 heteroatoms. The molecule has 1 aromatic rings. The van der Waals surface area contributed by atoms with E-state index in [0.29, 0.717) is 18.0 Å². The van der Waals surface area contributed by atoms with E-state index in [1.165, 1.54) is 12.1 Å². The van der Waals surface area contributed by atoms with Crippen molar-refractivity contribution < 1.29 is 9.13 Å². The van der Waals surface area contributed by atoms with Crippen molar-refractivity contribution in [1.82, 2.24) is 0 Å². The van der Waals surface area contributed by atoms with Gasteiger partial charge in [-0.15, -0.1) is 11.6 Å². The molecular weight excluding hydrogens is 255 g/mol. The van der Waals surface area contributed by atoms with E-state index in [1.807, 2.05) is 20.8 Å². The summed E-state index contributed by atoms with van der Waals surface area (Å²) >= 11 is 5.55. The molecule has 2 N–H and O–H groups in total. The Kier molecular flexibility index (Phi) is 4.96. The number of rotatable bonds is 4. The summed E-state index contributed by atoms with van der Waals surface area (Å²) in [5.41, 5.74) is 5.91. The van der Waals surface area contributed by atoms with Gasteiger partial charge >= 0.3 is 0 Å². The number of benzene rings is 1. The zero-order valence-electron chi connectivity index (χ0n) is 10.8. The fourth-order valence-corrected chi connectivity index (χ4v) is 1.24. The molecule has 0 atom stereocenters. The van der Waals surface area contributed by atoms with Gasteiger partial charge in [-0.3, -0.25) is 0 Å². The Morgan fingerprint density at radius 1 is 1.44 bits per heavy atom. The molecule has 0 fully saturated rings. The maximum atomic E-state index is 13.2. The Morgan fingerprint density at radius 2 is 2.11 bits per heavy atom. The van der Waals surface area contributed by atoms with Gasteiger partial charge in [0.15, 0.2) is 0 Å². The maximum Gasteiger partial charge on any atom is 0.145 e. The van der Waals surface area contributed by atoms with E-state index in [-0.39, 0.29) is 22.9 Å². The van der Waals surface area contributed by atoms with E-state index in [2.05, 4.69) is 4.99 Å². The second-order valence-corrected chi connectivity index (χ2v) is 5.47. The minimum Gasteiger partial charge on any atom is -0.491 e. The van der Waals surface area contributed by atoms with Crippen LogP contribution in [0.2, 0.25) is 0 Å². The number of nitrogens with two attached hydrogens (primary N) is 1. The third-order valence-corrected chi connectivity index (χ3v) is 2.26. The molecule has 0 spiro atoms. The van der Waals surface area contributed by atoms with E-state index < -0.39 is 0 Å². The highest BCUT2D eigenvalue weighted by molar-refractivity contribution is 6.28. The summed E-state index contributed by atoms with van der Waals surface area (Å²) in [6, 6.07) is 4.15. The van der Waals surface area contributed by atoms with E-state index in [1.54, 1.807) is 6.07 Å². The average Bonchev–Trinajstić information content (AvgIpc) is 2.26. The van der Waals surface area contributed by atoms with Crippen LogP contribution < -0.4 is 10.5 Å². The fourth-order valence-electron chi connectivity index (χ4n) is 1.18. The number of aliphatic imine (C=N–C) groups is 1. The fraction of sp³-hybridized carbons (Fsp3) is 0.462. The number of alkyl halides is 1. The zero-order valence-corrected chi connectivity index (χ0v) is 11.6. The van der Waals surface area contributed by atoms with Gasteiger partial charge in [-0.25, -0.2) is 9.38 Å². The van der Waals surface area contributed by atoms with Crippen molar-refractivity contribution in [1.29, 1.82) is 0 Å². The zero-order chi connectivity index (χ0) is 13.8. The predicted molar refractivity (Wildman–Crippen MR) is 73.4 cm³/mol. The van der Waals surface area contributed by atoms with Crippen LogP contribution in [0.25, 0.3) is 0 Å². The van der Waals surface area contributed by atoms with Crippen molar-refractivity contribution in [2.45, 2.75) is 20.8 Å². The second kappa shape index (κ2) is 6.05. The molecule has 0 saturated carbocycles. The normalized spacial score (nSPS) is 12.6. The van der Waals surface area contributed by atoms with Crippen LogP contribution in [0, 0.1) is 11.2 Å². The van der Waals surface area contributed by atoms with Gasteiger partial charge in [0.25, 0.3) is 0 Å². The van der Waals surface area contributed by atoms with Crippen molar-refractivity contribution in [3.63, 3.8) is 0 Å². The molecule has 0 saturated heterocycles. The van der Waals surface area contributed by atoms with Crippen LogP contribution in [-0.4, -0.2) is 18.3 Å². The summed E-state index contributed by atoms with van der Waals surface area (Å²) in [5, 5.41) is 0. The maximum absolute atomic E-state index is 13.2. The minimum absolute atomic E-state index is 0.00734. The molecule has 3 nitrogen and oxygen atoms in total. The lowest BCUT2D eigenvalue weighted by atomic mass is 9.99. The lowest BCUT2D eigenvalue weighted by molar-refractivity contribution is 0.198. The number of hydrogen-bond donors (Lipinski definition) is 1. The van der Waals surface area contributed by atoms with Crippen LogP contribution >= 0.6 is 11.6 Å². The lowest BCUT2D eigenvalue weighted by Gasteiger charge is -2.19. The van der Waals surface area contributed by atoms with Crippen molar-refractivity contribution in [3.05, 3.63) is 24.0 Å². The summed E-state index contributed by atoms with van der Waals surface area (Å²) in [6.45, 7) is 6.65. The first-order chi connectivity index (χ1) is 8.31. The van der Waals surface area contributed by atoms with Gasteiger partial charge in [0.2, 0.25) is 0 Å². The van der Waals surface area contributed by atoms with Gasteiger partial charge in [-0.2, -0.15) is 0 Å². The molecule has 0 aromatic heterocycles. The molecule has 0 unspecified atom stereocenters. The SMILES string of the molecule is CC(C)(C)COc1ccc(F)cc1N=C(N)CCl. The van der Waals surface area contributed by atoms with Gasteiger partial charge in [-0.1, -0.05) is 20.8 Å². The summed E-state index contributed by atoms with van der Waals surface area (Å²) < 4.78 is 18.8. The third kappa shape index (κ3) is 4.92. The first kappa shape index (κ1) is 14.8. The first-order valence-electron chi connectivity index (χ1n) is 5.63. The standard InChI is InChI=1S/C13H18ClFN2O/c1-13(2,3)8-18-11-5-4-9(15)6-10(11)17-12(16)7-14/h4-6H,7-8H2,1-3H3,(H2,16,17). The van der Waals surface area contributed by atoms with Crippen molar-refractivity contribution in [2.75, 3.05) is 12.5 Å². The van der Waals surface area contributed by atoms with Gasteiger partial charge in [0, 0.05) is 6.07 Å². The summed E-state index contributed by atoms with van der Waals surface area (Å²) in [6.07, 6.45) is 0. The highest BCUT2D eigenvalue weighted by Gasteiger charge is 2.13. The van der Waals surface area contributed by atoms with Crippen LogP contribution in [0.4, 0.5) is 10.1 Å². The van der Waals surface area contributed by atoms with Crippen molar-refractivity contribution in [2.24, 2.45) is 16.1 Å². The Hall–Kier alpha value is -1.29. The van der Waals surface area contributed by atoms with E-state index in [9.17, 15) is 4.39 Å². The molecule has 0 radical (unpaired) electrons. The van der Waals surface area contributed by atoms with Crippen LogP contribution in [-0.2, 0) is 0 Å². The molecule has 0 heterocycles. The average molecular weight is 273 g/mol. The predicted octanol–water partition coefficient (Wildman–Crippen LogP) is 3.48. The molecule has 100 valence electrons. The third-order valence-electron chi connectivity index (χ3n) is 1.98. The Morgan fingerprint density at radius 3 is 2.67 bits per heavy atom. The monoisotopic (exact) mass is 272 g/mol. The topological polar surface area (TPSA) is 47.6 Å². The number of halogens is 2. The highest BCUT2D eigenvalue weighted by Crippen LogP contribution is 2.30. The molecule has 0 bridgehead atoms. The van der Waals surface area contributed by atoms with Crippen molar-refractivity contribution >= 4 is 23.1 Å². The van der Waals surface area contributed by atoms with E-state index in [0.717, 1.165) is 0 Å². The number of ether oxygens (including phenoxy) is 1. The van der Waals surface area contributed by atoms with Crippen LogP contribution in [0.5, 0.6) is 5.75 Å². The van der Waals surface area contributed by atoms with Crippen molar-refractivity contribution in [3.8, 4) is 5.75 Å². The van der Waals surface area contributed by atoms with Crippen LogP contribution in [0.3, 0.4) is 0 Å². The smallest absolute Gasteiger partial charge is 0.145 e. The van der Waals surface area contributed by atoms with E-state index in [4.69, 9.17) is 22.1 Å². The number of hydrogen-bond acceptors (Lipinski definition) is 2. The van der Waals surface area contributed by atoms with Gasteiger partial charge in [-0.05, 0) is 17.5 Å². The minimum atomic E-state index is -0.390. The molecule has 0 aliphatic carbocycles. The number of nitrogens with zero attached hydrogens (tertiary/aromatic N) is 1. The molecule has 0 aliphatic rings. The Bertz CT molecular complexity index is 441.